The van der Waals surface area contributed by atoms with Gasteiger partial charge in [0.2, 0.25) is 0 Å². The molecule has 1 heterocycles. The Morgan fingerprint density at radius 1 is 1.20 bits per heavy atom. The Morgan fingerprint density at radius 3 is 2.60 bits per heavy atom. The molecule has 0 unspecified atom stereocenters. The zero-order valence-corrected chi connectivity index (χ0v) is 9.22. The lowest BCUT2D eigenvalue weighted by Gasteiger charge is -2.01. The minimum Gasteiger partial charge on any atom is -0.241 e. The molecule has 0 N–H and O–H groups in total. The quantitative estimate of drug-likeness (QED) is 0.744. The Bertz CT molecular complexity index is 415. The van der Waals surface area contributed by atoms with Crippen LogP contribution in [-0.4, -0.2) is 9.78 Å². The molecule has 0 aliphatic heterocycles. The molecule has 2 heteroatoms. The smallest absolute Gasteiger partial charge is 0.0645 e. The van der Waals surface area contributed by atoms with Gasteiger partial charge in [-0.15, -0.1) is 0 Å². The zero-order chi connectivity index (χ0) is 10.7. The number of rotatable bonds is 3. The molecule has 0 bridgehead atoms. The van der Waals surface area contributed by atoms with E-state index in [-0.39, 0.29) is 0 Å². The maximum atomic E-state index is 4.36. The molecular formula is C13H16N2. The van der Waals surface area contributed by atoms with Crippen LogP contribution in [0.1, 0.15) is 19.4 Å². The van der Waals surface area contributed by atoms with E-state index in [2.05, 4.69) is 37.3 Å². The first kappa shape index (κ1) is 9.97. The van der Waals surface area contributed by atoms with Gasteiger partial charge in [-0.3, -0.25) is 0 Å². The number of hydrogen-bond acceptors (Lipinski definition) is 1. The van der Waals surface area contributed by atoms with Crippen LogP contribution in [0.5, 0.6) is 0 Å². The fourth-order valence-corrected chi connectivity index (χ4v) is 1.66. The van der Waals surface area contributed by atoms with Crippen LogP contribution in [0.25, 0.3) is 5.69 Å². The molecule has 0 fully saturated rings. The topological polar surface area (TPSA) is 17.8 Å². The van der Waals surface area contributed by atoms with Crippen molar-refractivity contribution in [2.75, 3.05) is 0 Å². The Balaban J connectivity index is 2.21. The minimum absolute atomic E-state index is 0.679. The molecule has 2 rings (SSSR count). The summed E-state index contributed by atoms with van der Waals surface area (Å²) in [5.74, 6) is 0.679. The summed E-state index contributed by atoms with van der Waals surface area (Å²) in [7, 11) is 0. The minimum atomic E-state index is 0.679. The van der Waals surface area contributed by atoms with Crippen molar-refractivity contribution in [3.63, 3.8) is 0 Å². The second-order valence-corrected chi connectivity index (χ2v) is 4.23. The molecule has 0 saturated heterocycles. The van der Waals surface area contributed by atoms with Crippen molar-refractivity contribution in [2.24, 2.45) is 5.92 Å². The molecule has 2 nitrogen and oxygen atoms in total. The van der Waals surface area contributed by atoms with Gasteiger partial charge in [-0.05, 0) is 30.0 Å². The first-order valence-corrected chi connectivity index (χ1v) is 5.34. The number of para-hydroxylation sites is 1. The third-order valence-electron chi connectivity index (χ3n) is 2.30. The van der Waals surface area contributed by atoms with Gasteiger partial charge in [-0.1, -0.05) is 32.0 Å². The highest BCUT2D eigenvalue weighted by Crippen LogP contribution is 2.10. The lowest BCUT2D eigenvalue weighted by Crippen LogP contribution is -1.94. The third-order valence-corrected chi connectivity index (χ3v) is 2.30. The van der Waals surface area contributed by atoms with Gasteiger partial charge in [0.1, 0.15) is 0 Å². The highest BCUT2D eigenvalue weighted by atomic mass is 15.3. The third kappa shape index (κ3) is 2.46. The first-order chi connectivity index (χ1) is 7.25. The van der Waals surface area contributed by atoms with Gasteiger partial charge in [-0.2, -0.15) is 5.10 Å². The summed E-state index contributed by atoms with van der Waals surface area (Å²) in [6.07, 6.45) is 5.15. The van der Waals surface area contributed by atoms with E-state index in [1.807, 2.05) is 29.1 Å². The molecule has 1 aromatic carbocycles. The van der Waals surface area contributed by atoms with E-state index in [1.54, 1.807) is 0 Å². The van der Waals surface area contributed by atoms with Crippen LogP contribution in [0.3, 0.4) is 0 Å². The van der Waals surface area contributed by atoms with Crippen molar-refractivity contribution >= 4 is 0 Å². The molecule has 2 aromatic rings. The van der Waals surface area contributed by atoms with Crippen molar-refractivity contribution in [1.29, 1.82) is 0 Å². The van der Waals surface area contributed by atoms with Gasteiger partial charge in [0.05, 0.1) is 11.9 Å². The summed E-state index contributed by atoms with van der Waals surface area (Å²) in [5.41, 5.74) is 2.42. The summed E-state index contributed by atoms with van der Waals surface area (Å²) in [5, 5.41) is 4.36. The van der Waals surface area contributed by atoms with E-state index in [0.717, 1.165) is 12.1 Å². The SMILES string of the molecule is CC(C)Cc1cnn(-c2ccccc2)c1. The highest BCUT2D eigenvalue weighted by Gasteiger charge is 2.02. The fraction of sp³-hybridized carbons (Fsp3) is 0.308. The fourth-order valence-electron chi connectivity index (χ4n) is 1.66. The maximum absolute atomic E-state index is 4.36. The number of nitrogens with zero attached hydrogens (tertiary/aromatic N) is 2. The van der Waals surface area contributed by atoms with Crippen LogP contribution in [0.4, 0.5) is 0 Å². The van der Waals surface area contributed by atoms with Crippen LogP contribution in [-0.2, 0) is 6.42 Å². The molecule has 15 heavy (non-hydrogen) atoms. The second kappa shape index (κ2) is 4.30. The van der Waals surface area contributed by atoms with Gasteiger partial charge in [0.25, 0.3) is 0 Å². The number of benzene rings is 1. The van der Waals surface area contributed by atoms with E-state index in [9.17, 15) is 0 Å². The van der Waals surface area contributed by atoms with Crippen LogP contribution >= 0.6 is 0 Å². The van der Waals surface area contributed by atoms with Crippen LogP contribution < -0.4 is 0 Å². The predicted octanol–water partition coefficient (Wildman–Crippen LogP) is 3.07. The predicted molar refractivity (Wildman–Crippen MR) is 62.1 cm³/mol. The Kier molecular flexibility index (Phi) is 2.86. The Hall–Kier alpha value is -1.57. The van der Waals surface area contributed by atoms with Gasteiger partial charge >= 0.3 is 0 Å². The lowest BCUT2D eigenvalue weighted by atomic mass is 10.1. The van der Waals surface area contributed by atoms with Gasteiger partial charge < -0.3 is 0 Å². The standard InChI is InChI=1S/C13H16N2/c1-11(2)8-12-9-14-15(10-12)13-6-4-3-5-7-13/h3-7,9-11H,8H2,1-2H3. The van der Waals surface area contributed by atoms with Gasteiger partial charge in [0, 0.05) is 6.20 Å². The number of aromatic nitrogens is 2. The van der Waals surface area contributed by atoms with E-state index in [4.69, 9.17) is 0 Å². The van der Waals surface area contributed by atoms with E-state index in [0.29, 0.717) is 5.92 Å². The van der Waals surface area contributed by atoms with Gasteiger partial charge in [-0.25, -0.2) is 4.68 Å². The largest absolute Gasteiger partial charge is 0.241 e. The molecule has 0 amide bonds. The van der Waals surface area contributed by atoms with Crippen LogP contribution in [0.2, 0.25) is 0 Å². The molecule has 0 saturated carbocycles. The molecule has 0 aliphatic carbocycles. The molecule has 0 spiro atoms. The van der Waals surface area contributed by atoms with E-state index < -0.39 is 0 Å². The molecule has 0 atom stereocenters. The normalized spacial score (nSPS) is 10.9. The van der Waals surface area contributed by atoms with Crippen LogP contribution in [0, 0.1) is 5.92 Å². The van der Waals surface area contributed by atoms with E-state index >= 15 is 0 Å². The summed E-state index contributed by atoms with van der Waals surface area (Å²) >= 11 is 0. The first-order valence-electron chi connectivity index (χ1n) is 5.34. The van der Waals surface area contributed by atoms with Crippen molar-refractivity contribution < 1.29 is 0 Å². The van der Waals surface area contributed by atoms with E-state index in [1.165, 1.54) is 5.56 Å². The molecule has 1 aromatic heterocycles. The molecular weight excluding hydrogens is 184 g/mol. The Labute approximate surface area is 90.6 Å². The van der Waals surface area contributed by atoms with Crippen molar-refractivity contribution in [3.05, 3.63) is 48.3 Å². The zero-order valence-electron chi connectivity index (χ0n) is 9.22. The molecule has 0 aliphatic rings. The average molecular weight is 200 g/mol. The lowest BCUT2D eigenvalue weighted by molar-refractivity contribution is 0.647. The van der Waals surface area contributed by atoms with Crippen molar-refractivity contribution in [2.45, 2.75) is 20.3 Å². The highest BCUT2D eigenvalue weighted by molar-refractivity contribution is 5.30. The molecule has 78 valence electrons. The summed E-state index contributed by atoms with van der Waals surface area (Å²) in [6.45, 7) is 4.44. The maximum Gasteiger partial charge on any atom is 0.0645 e. The number of hydrogen-bond donors (Lipinski definition) is 0. The average Bonchev–Trinajstić information content (AvgIpc) is 2.67. The monoisotopic (exact) mass is 200 g/mol. The van der Waals surface area contributed by atoms with Crippen molar-refractivity contribution in [3.8, 4) is 5.69 Å². The second-order valence-electron chi connectivity index (χ2n) is 4.23. The van der Waals surface area contributed by atoms with Gasteiger partial charge in [0.15, 0.2) is 0 Å². The van der Waals surface area contributed by atoms with Crippen LogP contribution in [0.15, 0.2) is 42.7 Å². The molecule has 0 radical (unpaired) electrons. The summed E-state index contributed by atoms with van der Waals surface area (Å²) in [4.78, 5) is 0. The summed E-state index contributed by atoms with van der Waals surface area (Å²) in [6, 6.07) is 10.2. The Morgan fingerprint density at radius 2 is 1.93 bits per heavy atom. The summed E-state index contributed by atoms with van der Waals surface area (Å²) < 4.78 is 1.93. The van der Waals surface area contributed by atoms with Crippen molar-refractivity contribution in [1.82, 2.24) is 9.78 Å².